The van der Waals surface area contributed by atoms with E-state index in [0.717, 1.165) is 6.42 Å². The van der Waals surface area contributed by atoms with Gasteiger partial charge in [-0.25, -0.2) is 4.79 Å². The number of carboxylic acids is 1. The predicted molar refractivity (Wildman–Crippen MR) is 52.6 cm³/mol. The van der Waals surface area contributed by atoms with Gasteiger partial charge in [0.15, 0.2) is 0 Å². The summed E-state index contributed by atoms with van der Waals surface area (Å²) in [5.41, 5.74) is 0.176. The van der Waals surface area contributed by atoms with Crippen LogP contribution >= 0.6 is 0 Å². The van der Waals surface area contributed by atoms with Gasteiger partial charge in [-0.05, 0) is 19.8 Å². The maximum atomic E-state index is 10.3. The van der Waals surface area contributed by atoms with E-state index in [2.05, 4.69) is 6.58 Å². The molecule has 0 aromatic heterocycles. The Morgan fingerprint density at radius 2 is 1.62 bits per heavy atom. The van der Waals surface area contributed by atoms with Gasteiger partial charge in [0.1, 0.15) is 5.78 Å². The van der Waals surface area contributed by atoms with Gasteiger partial charge in [-0.1, -0.05) is 20.4 Å². The Morgan fingerprint density at radius 1 is 1.31 bits per heavy atom. The first-order valence-electron chi connectivity index (χ1n) is 4.15. The van der Waals surface area contributed by atoms with Gasteiger partial charge in [0.2, 0.25) is 0 Å². The largest absolute Gasteiger partial charge is 0.478 e. The molecule has 0 radical (unpaired) electrons. The zero-order valence-corrected chi connectivity index (χ0v) is 8.76. The number of carbonyl (C=O) groups excluding carboxylic acids is 1. The highest BCUT2D eigenvalue weighted by molar-refractivity contribution is 5.84. The van der Waals surface area contributed by atoms with Gasteiger partial charge >= 0.3 is 5.97 Å². The molecule has 0 spiro atoms. The van der Waals surface area contributed by atoms with Crippen LogP contribution in [-0.2, 0) is 9.59 Å². The molecule has 0 bridgehead atoms. The van der Waals surface area contributed by atoms with Crippen LogP contribution in [0.3, 0.4) is 0 Å². The number of ketones is 1. The number of aliphatic carboxylic acids is 1. The summed E-state index contributed by atoms with van der Waals surface area (Å²) in [4.78, 5) is 19.9. The van der Waals surface area contributed by atoms with E-state index in [9.17, 15) is 9.59 Å². The fourth-order valence-electron chi connectivity index (χ4n) is 0.575. The quantitative estimate of drug-likeness (QED) is 0.688. The highest BCUT2D eigenvalue weighted by Gasteiger charge is 1.95. The van der Waals surface area contributed by atoms with E-state index in [1.807, 2.05) is 13.8 Å². The maximum absolute atomic E-state index is 10.3. The number of hydrogen-bond donors (Lipinski definition) is 1. The number of rotatable bonds is 3. The van der Waals surface area contributed by atoms with Crippen molar-refractivity contribution in [1.82, 2.24) is 0 Å². The standard InChI is InChI=1S/C6H12O.C4H6O2/c1-5(2)4-6(3)7;1-3(2)4(5)6/h5H,4H2,1-3H3;1H2,2H3,(H,5,6). The molecule has 0 heterocycles. The van der Waals surface area contributed by atoms with Crippen molar-refractivity contribution >= 4 is 11.8 Å². The number of Topliss-reactive ketones (excluding diaryl/α,β-unsaturated/α-hetero) is 1. The fourth-order valence-corrected chi connectivity index (χ4v) is 0.575. The average Bonchev–Trinajstić information content (AvgIpc) is 1.84. The Labute approximate surface area is 79.5 Å². The van der Waals surface area contributed by atoms with Crippen LogP contribution in [-0.4, -0.2) is 16.9 Å². The van der Waals surface area contributed by atoms with Gasteiger partial charge in [0.05, 0.1) is 0 Å². The van der Waals surface area contributed by atoms with Crippen LogP contribution in [0, 0.1) is 5.92 Å². The molecule has 3 nitrogen and oxygen atoms in total. The van der Waals surface area contributed by atoms with Crippen LogP contribution < -0.4 is 0 Å². The van der Waals surface area contributed by atoms with Crippen LogP contribution in [0.25, 0.3) is 0 Å². The SMILES string of the molecule is C=C(C)C(=O)O.CC(=O)CC(C)C. The van der Waals surface area contributed by atoms with Gasteiger partial charge in [-0.3, -0.25) is 0 Å². The first-order valence-corrected chi connectivity index (χ1v) is 4.15. The van der Waals surface area contributed by atoms with Crippen LogP contribution in [0.5, 0.6) is 0 Å². The van der Waals surface area contributed by atoms with Gasteiger partial charge in [-0.15, -0.1) is 0 Å². The van der Waals surface area contributed by atoms with Crippen molar-refractivity contribution in [3.8, 4) is 0 Å². The molecule has 0 saturated heterocycles. The van der Waals surface area contributed by atoms with E-state index in [4.69, 9.17) is 5.11 Å². The highest BCUT2D eigenvalue weighted by Crippen LogP contribution is 1.97. The first kappa shape index (κ1) is 14.4. The Balaban J connectivity index is 0. The molecule has 13 heavy (non-hydrogen) atoms. The van der Waals surface area contributed by atoms with Crippen molar-refractivity contribution in [3.63, 3.8) is 0 Å². The van der Waals surface area contributed by atoms with E-state index in [-0.39, 0.29) is 11.4 Å². The number of carboxylic acid groups (broad SMARTS) is 1. The number of hydrogen-bond acceptors (Lipinski definition) is 2. The summed E-state index contributed by atoms with van der Waals surface area (Å²) in [5, 5.41) is 7.89. The molecule has 0 amide bonds. The van der Waals surface area contributed by atoms with Crippen molar-refractivity contribution < 1.29 is 14.7 Å². The summed E-state index contributed by atoms with van der Waals surface area (Å²) in [6.45, 7) is 10.3. The topological polar surface area (TPSA) is 54.4 Å². The van der Waals surface area contributed by atoms with Crippen molar-refractivity contribution in [2.24, 2.45) is 5.92 Å². The van der Waals surface area contributed by atoms with E-state index in [1.165, 1.54) is 6.92 Å². The molecule has 3 heteroatoms. The zero-order chi connectivity index (χ0) is 11.0. The molecule has 76 valence electrons. The fraction of sp³-hybridized carbons (Fsp3) is 0.600. The van der Waals surface area contributed by atoms with Crippen molar-refractivity contribution in [3.05, 3.63) is 12.2 Å². The monoisotopic (exact) mass is 186 g/mol. The average molecular weight is 186 g/mol. The summed E-state index contributed by atoms with van der Waals surface area (Å²) in [7, 11) is 0. The third-order valence-corrected chi connectivity index (χ3v) is 1.06. The third kappa shape index (κ3) is 18.1. The molecule has 0 aromatic rings. The second kappa shape index (κ2) is 7.53. The Kier molecular flexibility index (Phi) is 8.34. The zero-order valence-electron chi connectivity index (χ0n) is 8.76. The Hall–Kier alpha value is -1.12. The molecule has 0 unspecified atom stereocenters. The van der Waals surface area contributed by atoms with Crippen LogP contribution in [0.1, 0.15) is 34.1 Å². The molecule has 0 saturated carbocycles. The molecular formula is C10H18O3. The molecule has 0 aromatic carbocycles. The molecule has 0 aliphatic carbocycles. The summed E-state index contributed by atoms with van der Waals surface area (Å²) < 4.78 is 0. The first-order chi connectivity index (χ1) is 5.77. The minimum absolute atomic E-state index is 0.176. The van der Waals surface area contributed by atoms with Gasteiger partial charge in [0, 0.05) is 12.0 Å². The van der Waals surface area contributed by atoms with Gasteiger partial charge in [-0.2, -0.15) is 0 Å². The second-order valence-corrected chi connectivity index (χ2v) is 3.39. The lowest BCUT2D eigenvalue weighted by Crippen LogP contribution is -1.95. The van der Waals surface area contributed by atoms with E-state index >= 15 is 0 Å². The van der Waals surface area contributed by atoms with Crippen molar-refractivity contribution in [2.45, 2.75) is 34.1 Å². The summed E-state index contributed by atoms with van der Waals surface area (Å²) in [5.74, 6) is -0.123. The molecule has 0 rings (SSSR count). The minimum Gasteiger partial charge on any atom is -0.478 e. The minimum atomic E-state index is -0.935. The lowest BCUT2D eigenvalue weighted by molar-refractivity contribution is -0.132. The van der Waals surface area contributed by atoms with Crippen LogP contribution in [0.4, 0.5) is 0 Å². The normalized spacial score (nSPS) is 8.69. The summed E-state index contributed by atoms with van der Waals surface area (Å²) >= 11 is 0. The Morgan fingerprint density at radius 3 is 1.62 bits per heavy atom. The van der Waals surface area contributed by atoms with Crippen molar-refractivity contribution in [1.29, 1.82) is 0 Å². The summed E-state index contributed by atoms with van der Waals surface area (Å²) in [6, 6.07) is 0. The maximum Gasteiger partial charge on any atom is 0.330 e. The van der Waals surface area contributed by atoms with Crippen LogP contribution in [0.2, 0.25) is 0 Å². The molecule has 0 aliphatic heterocycles. The molecule has 0 atom stereocenters. The summed E-state index contributed by atoms with van der Waals surface area (Å²) in [6.07, 6.45) is 0.722. The molecule has 1 N–H and O–H groups in total. The van der Waals surface area contributed by atoms with E-state index < -0.39 is 5.97 Å². The van der Waals surface area contributed by atoms with Gasteiger partial charge < -0.3 is 9.90 Å². The van der Waals surface area contributed by atoms with E-state index in [0.29, 0.717) is 5.92 Å². The molecule has 0 fully saturated rings. The smallest absolute Gasteiger partial charge is 0.330 e. The number of carbonyl (C=O) groups is 2. The molecular weight excluding hydrogens is 168 g/mol. The highest BCUT2D eigenvalue weighted by atomic mass is 16.4. The third-order valence-electron chi connectivity index (χ3n) is 1.06. The lowest BCUT2D eigenvalue weighted by Gasteiger charge is -1.95. The van der Waals surface area contributed by atoms with Crippen molar-refractivity contribution in [2.75, 3.05) is 0 Å². The lowest BCUT2D eigenvalue weighted by atomic mass is 10.1. The molecule has 0 aliphatic rings. The van der Waals surface area contributed by atoms with Gasteiger partial charge in [0.25, 0.3) is 0 Å². The van der Waals surface area contributed by atoms with E-state index in [1.54, 1.807) is 6.92 Å². The Bertz CT molecular complexity index is 180. The second-order valence-electron chi connectivity index (χ2n) is 3.39. The van der Waals surface area contributed by atoms with Crippen LogP contribution in [0.15, 0.2) is 12.2 Å². The predicted octanol–water partition coefficient (Wildman–Crippen LogP) is 2.27.